The Bertz CT molecular complexity index is 732. The predicted molar refractivity (Wildman–Crippen MR) is 83.0 cm³/mol. The first-order chi connectivity index (χ1) is 10.6. The van der Waals surface area contributed by atoms with Gasteiger partial charge < -0.3 is 4.74 Å². The molecule has 0 aliphatic rings. The second kappa shape index (κ2) is 7.45. The number of carbonyl (C=O) groups excluding carboxylic acids is 3. The molecule has 5 nitrogen and oxygen atoms in total. The van der Waals surface area contributed by atoms with Crippen LogP contribution in [0.4, 0.5) is 5.69 Å². The van der Waals surface area contributed by atoms with Crippen LogP contribution >= 0.6 is 15.9 Å². The van der Waals surface area contributed by atoms with Crippen LogP contribution in [0.1, 0.15) is 20.7 Å². The number of ketones is 1. The molecule has 0 aliphatic heterocycles. The van der Waals surface area contributed by atoms with Crippen molar-refractivity contribution in [3.05, 3.63) is 64.1 Å². The lowest BCUT2D eigenvalue weighted by atomic mass is 10.1. The van der Waals surface area contributed by atoms with Crippen LogP contribution in [0, 0.1) is 0 Å². The molecule has 0 spiro atoms. The van der Waals surface area contributed by atoms with Crippen molar-refractivity contribution in [3.8, 4) is 0 Å². The van der Waals surface area contributed by atoms with Gasteiger partial charge in [-0.25, -0.2) is 9.59 Å². The van der Waals surface area contributed by atoms with Crippen molar-refractivity contribution in [2.24, 2.45) is 4.99 Å². The first kappa shape index (κ1) is 15.8. The zero-order valence-electron chi connectivity index (χ0n) is 11.3. The lowest BCUT2D eigenvalue weighted by Gasteiger charge is -2.04. The maximum atomic E-state index is 11.9. The third-order valence-corrected chi connectivity index (χ3v) is 3.31. The summed E-state index contributed by atoms with van der Waals surface area (Å²) >= 11 is 3.28. The van der Waals surface area contributed by atoms with Gasteiger partial charge in [0.15, 0.2) is 12.4 Å². The van der Waals surface area contributed by atoms with E-state index in [9.17, 15) is 14.4 Å². The van der Waals surface area contributed by atoms with Crippen LogP contribution in [0.25, 0.3) is 0 Å². The molecule has 0 aliphatic carbocycles. The standard InChI is InChI=1S/C16H10BrNO4/c17-13-5-1-11(2-6-13)15(20)9-22-16(21)12-3-7-14(8-4-12)18-10-19/h1-8H,9H2. The second-order valence-electron chi connectivity index (χ2n) is 4.26. The smallest absolute Gasteiger partial charge is 0.338 e. The molecule has 0 N–H and O–H groups in total. The molecule has 0 radical (unpaired) electrons. The third-order valence-electron chi connectivity index (χ3n) is 2.78. The predicted octanol–water partition coefficient (Wildman–Crippen LogP) is 3.46. The van der Waals surface area contributed by atoms with Gasteiger partial charge in [-0.15, -0.1) is 0 Å². The molecule has 0 amide bonds. The average Bonchev–Trinajstić information content (AvgIpc) is 2.54. The van der Waals surface area contributed by atoms with Crippen molar-refractivity contribution < 1.29 is 19.1 Å². The number of esters is 1. The number of Topliss-reactive ketones (excluding diaryl/α,β-unsaturated/α-hetero) is 1. The number of hydrogen-bond acceptors (Lipinski definition) is 5. The zero-order valence-corrected chi connectivity index (χ0v) is 12.9. The Balaban J connectivity index is 1.95. The fourth-order valence-electron chi connectivity index (χ4n) is 1.66. The maximum absolute atomic E-state index is 11.9. The molecule has 22 heavy (non-hydrogen) atoms. The monoisotopic (exact) mass is 359 g/mol. The van der Waals surface area contributed by atoms with Gasteiger partial charge in [0.2, 0.25) is 6.08 Å². The van der Waals surface area contributed by atoms with Gasteiger partial charge in [-0.2, -0.15) is 4.99 Å². The summed E-state index contributed by atoms with van der Waals surface area (Å²) in [6.07, 6.45) is 1.41. The molecule has 6 heteroatoms. The van der Waals surface area contributed by atoms with Gasteiger partial charge in [0, 0.05) is 10.0 Å². The van der Waals surface area contributed by atoms with Gasteiger partial charge in [0.05, 0.1) is 11.3 Å². The third kappa shape index (κ3) is 4.22. The van der Waals surface area contributed by atoms with E-state index in [1.54, 1.807) is 24.3 Å². The van der Waals surface area contributed by atoms with E-state index in [1.165, 1.54) is 30.3 Å². The zero-order chi connectivity index (χ0) is 15.9. The molecule has 0 unspecified atom stereocenters. The van der Waals surface area contributed by atoms with Crippen LogP contribution in [0.2, 0.25) is 0 Å². The van der Waals surface area contributed by atoms with E-state index in [0.29, 0.717) is 11.3 Å². The highest BCUT2D eigenvalue weighted by molar-refractivity contribution is 9.10. The minimum Gasteiger partial charge on any atom is -0.454 e. The maximum Gasteiger partial charge on any atom is 0.338 e. The number of hydrogen-bond donors (Lipinski definition) is 0. The van der Waals surface area contributed by atoms with E-state index in [1.807, 2.05) is 0 Å². The van der Waals surface area contributed by atoms with E-state index >= 15 is 0 Å². The Labute approximate surface area is 134 Å². The summed E-state index contributed by atoms with van der Waals surface area (Å²) < 4.78 is 5.83. The van der Waals surface area contributed by atoms with Crippen molar-refractivity contribution in [1.29, 1.82) is 0 Å². The summed E-state index contributed by atoms with van der Waals surface area (Å²) in [5, 5.41) is 0. The van der Waals surface area contributed by atoms with Gasteiger partial charge in [0.25, 0.3) is 0 Å². The molecule has 0 heterocycles. The molecule has 0 saturated carbocycles. The fraction of sp³-hybridized carbons (Fsp3) is 0.0625. The number of aliphatic imine (C=N–C) groups is 1. The molecular weight excluding hydrogens is 350 g/mol. The molecule has 0 atom stereocenters. The first-order valence-corrected chi connectivity index (χ1v) is 7.03. The molecule has 2 rings (SSSR count). The molecule has 0 saturated heterocycles. The van der Waals surface area contributed by atoms with Crippen LogP contribution in [-0.2, 0) is 9.53 Å². The highest BCUT2D eigenvalue weighted by Gasteiger charge is 2.11. The molecule has 0 bridgehead atoms. The Morgan fingerprint density at radius 1 is 1.00 bits per heavy atom. The number of nitrogens with zero attached hydrogens (tertiary/aromatic N) is 1. The van der Waals surface area contributed by atoms with E-state index in [0.717, 1.165) is 4.47 Å². The summed E-state index contributed by atoms with van der Waals surface area (Å²) in [7, 11) is 0. The summed E-state index contributed by atoms with van der Waals surface area (Å²) in [6, 6.07) is 12.7. The topological polar surface area (TPSA) is 72.8 Å². The Morgan fingerprint density at radius 2 is 1.59 bits per heavy atom. The first-order valence-electron chi connectivity index (χ1n) is 6.24. The molecule has 2 aromatic carbocycles. The van der Waals surface area contributed by atoms with E-state index in [2.05, 4.69) is 20.9 Å². The molecule has 0 aromatic heterocycles. The van der Waals surface area contributed by atoms with Crippen LogP contribution in [0.5, 0.6) is 0 Å². The Kier molecular flexibility index (Phi) is 5.36. The molecule has 0 fully saturated rings. The minimum atomic E-state index is -0.618. The number of carbonyl (C=O) groups is 2. The van der Waals surface area contributed by atoms with Crippen molar-refractivity contribution in [2.75, 3.05) is 6.61 Å². The Hall–Kier alpha value is -2.56. The van der Waals surface area contributed by atoms with Crippen LogP contribution < -0.4 is 0 Å². The van der Waals surface area contributed by atoms with Gasteiger partial charge >= 0.3 is 5.97 Å². The number of ether oxygens (including phenoxy) is 1. The van der Waals surface area contributed by atoms with Gasteiger partial charge in [0.1, 0.15) is 0 Å². The lowest BCUT2D eigenvalue weighted by Crippen LogP contribution is -2.14. The van der Waals surface area contributed by atoms with Crippen molar-refractivity contribution in [1.82, 2.24) is 0 Å². The molecule has 110 valence electrons. The second-order valence-corrected chi connectivity index (χ2v) is 5.17. The Morgan fingerprint density at radius 3 is 2.18 bits per heavy atom. The van der Waals surface area contributed by atoms with Gasteiger partial charge in [-0.3, -0.25) is 4.79 Å². The number of halogens is 1. The summed E-state index contributed by atoms with van der Waals surface area (Å²) in [5.74, 6) is -0.907. The number of benzene rings is 2. The highest BCUT2D eigenvalue weighted by atomic mass is 79.9. The normalized spacial score (nSPS) is 9.68. The van der Waals surface area contributed by atoms with Gasteiger partial charge in [-0.05, 0) is 36.4 Å². The highest BCUT2D eigenvalue weighted by Crippen LogP contribution is 2.14. The molecule has 2 aromatic rings. The van der Waals surface area contributed by atoms with Gasteiger partial charge in [-0.1, -0.05) is 28.1 Å². The van der Waals surface area contributed by atoms with E-state index in [-0.39, 0.29) is 18.0 Å². The van der Waals surface area contributed by atoms with E-state index < -0.39 is 5.97 Å². The van der Waals surface area contributed by atoms with Crippen molar-refractivity contribution >= 4 is 39.4 Å². The van der Waals surface area contributed by atoms with Crippen LogP contribution in [0.15, 0.2) is 58.0 Å². The minimum absolute atomic E-state index is 0.272. The largest absolute Gasteiger partial charge is 0.454 e. The quantitative estimate of drug-likeness (QED) is 0.354. The van der Waals surface area contributed by atoms with Crippen LogP contribution in [-0.4, -0.2) is 24.4 Å². The number of isocyanates is 1. The lowest BCUT2D eigenvalue weighted by molar-refractivity contribution is 0.0475. The van der Waals surface area contributed by atoms with E-state index in [4.69, 9.17) is 4.74 Å². The van der Waals surface area contributed by atoms with Crippen molar-refractivity contribution in [3.63, 3.8) is 0 Å². The van der Waals surface area contributed by atoms with Crippen molar-refractivity contribution in [2.45, 2.75) is 0 Å². The average molecular weight is 360 g/mol. The summed E-state index contributed by atoms with van der Waals surface area (Å²) in [4.78, 5) is 37.2. The summed E-state index contributed by atoms with van der Waals surface area (Å²) in [5.41, 5.74) is 1.12. The fourth-order valence-corrected chi connectivity index (χ4v) is 1.92. The summed E-state index contributed by atoms with van der Waals surface area (Å²) in [6.45, 7) is -0.339. The molecular formula is C16H10BrNO4. The van der Waals surface area contributed by atoms with Crippen LogP contribution in [0.3, 0.4) is 0 Å². The SMILES string of the molecule is O=C=Nc1ccc(C(=O)OCC(=O)c2ccc(Br)cc2)cc1. The number of rotatable bonds is 5.